The highest BCUT2D eigenvalue weighted by Gasteiger charge is 2.35. The molecule has 46 heavy (non-hydrogen) atoms. The first-order valence-electron chi connectivity index (χ1n) is 16.5. The van der Waals surface area contributed by atoms with E-state index >= 15 is 8.78 Å². The predicted octanol–water partition coefficient (Wildman–Crippen LogP) is 10.1. The van der Waals surface area contributed by atoms with Crippen LogP contribution in [0.3, 0.4) is 0 Å². The number of benzene rings is 3. The van der Waals surface area contributed by atoms with Crippen molar-refractivity contribution in [2.75, 3.05) is 6.61 Å². The summed E-state index contributed by atoms with van der Waals surface area (Å²) in [5.74, 6) is -5.54. The van der Waals surface area contributed by atoms with Crippen molar-refractivity contribution in [3.63, 3.8) is 0 Å². The van der Waals surface area contributed by atoms with Crippen LogP contribution in [0.5, 0.6) is 0 Å². The number of hydrogen-bond acceptors (Lipinski definition) is 3. The second-order valence-corrected chi connectivity index (χ2v) is 13.2. The van der Waals surface area contributed by atoms with E-state index in [9.17, 15) is 22.7 Å². The second kappa shape index (κ2) is 14.1. The Morgan fingerprint density at radius 1 is 0.696 bits per heavy atom. The average Bonchev–Trinajstić information content (AvgIpc) is 3.91. The van der Waals surface area contributed by atoms with Gasteiger partial charge in [0.05, 0.1) is 25.4 Å². The molecular weight excluding hydrogens is 606 g/mol. The third kappa shape index (κ3) is 6.74. The molecule has 3 aliphatic rings. The summed E-state index contributed by atoms with van der Waals surface area (Å²) in [6.07, 6.45) is 6.23. The topological polar surface area (TPSA) is 42.0 Å². The minimum atomic E-state index is -1.33. The number of aliphatic hydroxyl groups excluding tert-OH is 1. The molecule has 3 aromatic rings. The highest BCUT2D eigenvalue weighted by molar-refractivity contribution is 5.66. The molecule has 3 nitrogen and oxygen atoms in total. The SMILES string of the molecule is CCCC(O)c1ccc(-c2ccc(COC3CCC(C4CCC(c5ccc(C6CO6)c(F)c5F)CC4)CC3)c(F)c2F)c(F)c1F. The van der Waals surface area contributed by atoms with E-state index in [1.165, 1.54) is 18.2 Å². The molecule has 6 rings (SSSR count). The van der Waals surface area contributed by atoms with Crippen LogP contribution in [0.15, 0.2) is 36.4 Å². The number of ether oxygens (including phenoxy) is 2. The lowest BCUT2D eigenvalue weighted by molar-refractivity contribution is -0.00322. The first-order chi connectivity index (χ1) is 22.2. The Kier molecular flexibility index (Phi) is 10.1. The van der Waals surface area contributed by atoms with Crippen LogP contribution >= 0.6 is 0 Å². The van der Waals surface area contributed by atoms with E-state index in [4.69, 9.17) is 9.47 Å². The van der Waals surface area contributed by atoms with Gasteiger partial charge in [0.25, 0.3) is 0 Å². The summed E-state index contributed by atoms with van der Waals surface area (Å²) in [4.78, 5) is 0. The van der Waals surface area contributed by atoms with Gasteiger partial charge in [0.15, 0.2) is 34.9 Å². The van der Waals surface area contributed by atoms with Crippen LogP contribution in [0.25, 0.3) is 11.1 Å². The van der Waals surface area contributed by atoms with Gasteiger partial charge in [0.2, 0.25) is 0 Å². The molecule has 0 bridgehead atoms. The molecule has 2 atom stereocenters. The van der Waals surface area contributed by atoms with Gasteiger partial charge in [0, 0.05) is 27.8 Å². The van der Waals surface area contributed by atoms with E-state index in [-0.39, 0.29) is 42.3 Å². The molecule has 2 saturated carbocycles. The first kappa shape index (κ1) is 33.0. The largest absolute Gasteiger partial charge is 0.388 e. The van der Waals surface area contributed by atoms with Crippen molar-refractivity contribution in [1.82, 2.24) is 0 Å². The van der Waals surface area contributed by atoms with E-state index in [0.29, 0.717) is 36.0 Å². The lowest BCUT2D eigenvalue weighted by Gasteiger charge is -2.38. The van der Waals surface area contributed by atoms with Gasteiger partial charge in [0.1, 0.15) is 6.10 Å². The van der Waals surface area contributed by atoms with Crippen molar-refractivity contribution in [2.45, 2.75) is 102 Å². The fraction of sp³-hybridized carbons (Fsp3) is 0.514. The summed E-state index contributed by atoms with van der Waals surface area (Å²) < 4.78 is 100. The van der Waals surface area contributed by atoms with Gasteiger partial charge < -0.3 is 14.6 Å². The lowest BCUT2D eigenvalue weighted by Crippen LogP contribution is -2.28. The van der Waals surface area contributed by atoms with Crippen molar-refractivity contribution in [2.24, 2.45) is 11.8 Å². The Bertz CT molecular complexity index is 1540. The Labute approximate surface area is 265 Å². The van der Waals surface area contributed by atoms with E-state index in [0.717, 1.165) is 57.4 Å². The molecule has 0 aromatic heterocycles. The zero-order valence-corrected chi connectivity index (χ0v) is 25.9. The van der Waals surface area contributed by atoms with Crippen LogP contribution in [0, 0.1) is 46.7 Å². The maximum Gasteiger partial charge on any atom is 0.167 e. The second-order valence-electron chi connectivity index (χ2n) is 13.2. The van der Waals surface area contributed by atoms with Gasteiger partial charge >= 0.3 is 0 Å². The molecule has 2 aliphatic carbocycles. The summed E-state index contributed by atoms with van der Waals surface area (Å²) in [6, 6.07) is 8.30. The van der Waals surface area contributed by atoms with E-state index in [1.54, 1.807) is 19.1 Å². The highest BCUT2D eigenvalue weighted by atomic mass is 19.2. The summed E-state index contributed by atoms with van der Waals surface area (Å²) >= 11 is 0. The molecule has 1 heterocycles. The molecule has 3 aromatic carbocycles. The van der Waals surface area contributed by atoms with Crippen LogP contribution < -0.4 is 0 Å². The third-order valence-corrected chi connectivity index (χ3v) is 10.4. The van der Waals surface area contributed by atoms with Gasteiger partial charge in [-0.2, -0.15) is 0 Å². The lowest BCUT2D eigenvalue weighted by atomic mass is 9.69. The van der Waals surface area contributed by atoms with Crippen molar-refractivity contribution < 1.29 is 40.9 Å². The minimum absolute atomic E-state index is 0.000997. The van der Waals surface area contributed by atoms with Crippen molar-refractivity contribution in [3.8, 4) is 11.1 Å². The molecule has 0 radical (unpaired) electrons. The van der Waals surface area contributed by atoms with Crippen LogP contribution in [0.2, 0.25) is 0 Å². The number of epoxide rings is 1. The monoisotopic (exact) mass is 646 g/mol. The Morgan fingerprint density at radius 3 is 1.89 bits per heavy atom. The smallest absolute Gasteiger partial charge is 0.167 e. The summed E-state index contributed by atoms with van der Waals surface area (Å²) in [7, 11) is 0. The van der Waals surface area contributed by atoms with Crippen molar-refractivity contribution >= 4 is 0 Å². The predicted molar refractivity (Wildman–Crippen MR) is 162 cm³/mol. The van der Waals surface area contributed by atoms with E-state index < -0.39 is 52.1 Å². The van der Waals surface area contributed by atoms with Crippen LogP contribution in [-0.4, -0.2) is 17.8 Å². The van der Waals surface area contributed by atoms with Crippen LogP contribution in [-0.2, 0) is 16.1 Å². The molecule has 1 N–H and O–H groups in total. The molecular formula is C37H40F6O3. The Morgan fingerprint density at radius 2 is 1.26 bits per heavy atom. The summed E-state index contributed by atoms with van der Waals surface area (Å²) in [5, 5.41) is 10.1. The molecule has 3 fully saturated rings. The zero-order chi connectivity index (χ0) is 32.5. The standard InChI is InChI=1S/C37H40F6O3/c1-2-3-30(44)28-16-15-27(35(41)36(28)42)26-13-10-23(32(38)34(26)40)18-45-24-11-8-21(9-12-24)20-4-6-22(7-5-20)25-14-17-29(31-19-46-31)37(43)33(25)39/h10,13-17,20-22,24,30-31,44H,2-9,11-12,18-19H2,1H3. The molecule has 1 saturated heterocycles. The van der Waals surface area contributed by atoms with Crippen molar-refractivity contribution in [1.29, 1.82) is 0 Å². The normalized spacial score (nSPS) is 25.4. The quantitative estimate of drug-likeness (QED) is 0.176. The maximum absolute atomic E-state index is 15.1. The summed E-state index contributed by atoms with van der Waals surface area (Å²) in [5.41, 5.74) is -0.266. The molecule has 2 unspecified atom stereocenters. The molecule has 0 spiro atoms. The number of halogens is 6. The van der Waals surface area contributed by atoms with Gasteiger partial charge in [-0.05, 0) is 81.1 Å². The minimum Gasteiger partial charge on any atom is -0.388 e. The van der Waals surface area contributed by atoms with E-state index in [1.807, 2.05) is 0 Å². The molecule has 0 amide bonds. The number of rotatable bonds is 10. The third-order valence-electron chi connectivity index (χ3n) is 10.4. The maximum atomic E-state index is 15.1. The average molecular weight is 647 g/mol. The highest BCUT2D eigenvalue weighted by Crippen LogP contribution is 2.45. The van der Waals surface area contributed by atoms with Crippen LogP contribution in [0.1, 0.15) is 112 Å². The number of hydrogen-bond donors (Lipinski definition) is 1. The van der Waals surface area contributed by atoms with Gasteiger partial charge in [-0.25, -0.2) is 26.3 Å². The molecule has 248 valence electrons. The first-order valence-corrected chi connectivity index (χ1v) is 16.5. The number of aliphatic hydroxyl groups is 1. The Hall–Kier alpha value is -2.88. The van der Waals surface area contributed by atoms with Crippen molar-refractivity contribution in [3.05, 3.63) is 93.6 Å². The van der Waals surface area contributed by atoms with Gasteiger partial charge in [-0.1, -0.05) is 49.7 Å². The fourth-order valence-corrected chi connectivity index (χ4v) is 7.57. The zero-order valence-electron chi connectivity index (χ0n) is 25.9. The van der Waals surface area contributed by atoms with E-state index in [2.05, 4.69) is 0 Å². The summed E-state index contributed by atoms with van der Waals surface area (Å²) in [6.45, 7) is 2.09. The molecule has 1 aliphatic heterocycles. The van der Waals surface area contributed by atoms with Crippen LogP contribution in [0.4, 0.5) is 26.3 Å². The van der Waals surface area contributed by atoms with Gasteiger partial charge in [-0.3, -0.25) is 0 Å². The molecule has 9 heteroatoms. The fourth-order valence-electron chi connectivity index (χ4n) is 7.57. The van der Waals surface area contributed by atoms with Gasteiger partial charge in [-0.15, -0.1) is 0 Å². The Balaban J connectivity index is 1.00.